The van der Waals surface area contributed by atoms with Gasteiger partial charge in [-0.25, -0.2) is 0 Å². The van der Waals surface area contributed by atoms with E-state index in [1.54, 1.807) is 0 Å². The molecule has 2 heterocycles. The molecule has 0 aromatic carbocycles. The van der Waals surface area contributed by atoms with E-state index >= 15 is 0 Å². The van der Waals surface area contributed by atoms with Crippen LogP contribution in [0.5, 0.6) is 0 Å². The van der Waals surface area contributed by atoms with Gasteiger partial charge in [0.2, 0.25) is 0 Å². The molecule has 0 radical (unpaired) electrons. The lowest BCUT2D eigenvalue weighted by Crippen LogP contribution is -2.60. The van der Waals surface area contributed by atoms with Gasteiger partial charge < -0.3 is 5.32 Å². The average Bonchev–Trinajstić information content (AvgIpc) is 3.18. The number of nitrogens with zero attached hydrogens (tertiary/aromatic N) is 3. The fourth-order valence-corrected chi connectivity index (χ4v) is 3.54. The van der Waals surface area contributed by atoms with Crippen molar-refractivity contribution in [2.45, 2.75) is 38.8 Å². The Balaban J connectivity index is 1.84. The van der Waals surface area contributed by atoms with Gasteiger partial charge in [0, 0.05) is 38.8 Å². The van der Waals surface area contributed by atoms with Gasteiger partial charge in [-0.2, -0.15) is 5.10 Å². The highest BCUT2D eigenvalue weighted by atomic mass is 35.5. The lowest BCUT2D eigenvalue weighted by atomic mass is 9.91. The quantitative estimate of drug-likeness (QED) is 0.920. The molecule has 1 unspecified atom stereocenters. The Bertz CT molecular complexity index is 480. The van der Waals surface area contributed by atoms with Crippen LogP contribution in [0.3, 0.4) is 0 Å². The van der Waals surface area contributed by atoms with Gasteiger partial charge in [0.15, 0.2) is 0 Å². The van der Waals surface area contributed by atoms with Gasteiger partial charge in [0.1, 0.15) is 0 Å². The molecule has 19 heavy (non-hydrogen) atoms. The zero-order valence-electron chi connectivity index (χ0n) is 12.0. The van der Waals surface area contributed by atoms with Gasteiger partial charge in [-0.05, 0) is 32.6 Å². The first-order valence-corrected chi connectivity index (χ1v) is 7.54. The summed E-state index contributed by atoms with van der Waals surface area (Å²) in [5.41, 5.74) is 2.36. The highest BCUT2D eigenvalue weighted by molar-refractivity contribution is 6.31. The van der Waals surface area contributed by atoms with Crippen LogP contribution in [0.4, 0.5) is 0 Å². The lowest BCUT2D eigenvalue weighted by molar-refractivity contribution is 0.0463. The Morgan fingerprint density at radius 2 is 2.21 bits per heavy atom. The summed E-state index contributed by atoms with van der Waals surface area (Å²) in [5, 5.41) is 8.81. The Morgan fingerprint density at radius 3 is 2.79 bits per heavy atom. The molecule has 1 atom stereocenters. The molecule has 0 bridgehead atoms. The standard InChI is InChI=1S/C14H23ClN4/c1-10-13(15)12(18(3)17-10)8-19-7-6-16-9-14(19,2)11-4-5-11/h11,16H,4-9H2,1-3H3. The van der Waals surface area contributed by atoms with Crippen molar-refractivity contribution in [2.75, 3.05) is 19.6 Å². The minimum absolute atomic E-state index is 0.278. The van der Waals surface area contributed by atoms with Gasteiger partial charge in [-0.3, -0.25) is 9.58 Å². The number of halogens is 1. The van der Waals surface area contributed by atoms with E-state index in [1.807, 2.05) is 18.7 Å². The third kappa shape index (κ3) is 2.30. The molecule has 4 nitrogen and oxygen atoms in total. The van der Waals surface area contributed by atoms with Crippen molar-refractivity contribution in [1.82, 2.24) is 20.0 Å². The molecule has 1 aliphatic carbocycles. The van der Waals surface area contributed by atoms with Crippen molar-refractivity contribution in [1.29, 1.82) is 0 Å². The monoisotopic (exact) mass is 282 g/mol. The van der Waals surface area contributed by atoms with Gasteiger partial charge in [0.25, 0.3) is 0 Å². The molecule has 0 spiro atoms. The number of aryl methyl sites for hydroxylation is 2. The average molecular weight is 283 g/mol. The second-order valence-corrected chi connectivity index (χ2v) is 6.58. The second kappa shape index (κ2) is 4.76. The number of hydrogen-bond acceptors (Lipinski definition) is 3. The van der Waals surface area contributed by atoms with E-state index in [0.717, 1.165) is 48.5 Å². The number of piperazine rings is 1. The van der Waals surface area contributed by atoms with Crippen LogP contribution >= 0.6 is 11.6 Å². The van der Waals surface area contributed by atoms with Crippen LogP contribution in [0.2, 0.25) is 5.02 Å². The Morgan fingerprint density at radius 1 is 1.47 bits per heavy atom. The van der Waals surface area contributed by atoms with Crippen LogP contribution in [0, 0.1) is 12.8 Å². The van der Waals surface area contributed by atoms with E-state index in [-0.39, 0.29) is 5.54 Å². The third-order valence-electron chi connectivity index (χ3n) is 4.82. The van der Waals surface area contributed by atoms with Crippen molar-refractivity contribution in [3.05, 3.63) is 16.4 Å². The normalized spacial score (nSPS) is 28.8. The van der Waals surface area contributed by atoms with Crippen LogP contribution in [0.1, 0.15) is 31.2 Å². The van der Waals surface area contributed by atoms with Crippen LogP contribution in [-0.4, -0.2) is 39.9 Å². The highest BCUT2D eigenvalue weighted by Gasteiger charge is 2.46. The summed E-state index contributed by atoms with van der Waals surface area (Å²) in [4.78, 5) is 2.60. The van der Waals surface area contributed by atoms with Crippen molar-refractivity contribution in [3.8, 4) is 0 Å². The minimum atomic E-state index is 0.278. The topological polar surface area (TPSA) is 33.1 Å². The maximum atomic E-state index is 6.40. The van der Waals surface area contributed by atoms with E-state index in [2.05, 4.69) is 22.2 Å². The van der Waals surface area contributed by atoms with E-state index in [4.69, 9.17) is 11.6 Å². The van der Waals surface area contributed by atoms with E-state index in [1.165, 1.54) is 12.8 Å². The predicted molar refractivity (Wildman–Crippen MR) is 77.4 cm³/mol. The van der Waals surface area contributed by atoms with Crippen LogP contribution in [0.25, 0.3) is 0 Å². The van der Waals surface area contributed by atoms with Crippen molar-refractivity contribution in [2.24, 2.45) is 13.0 Å². The molecule has 1 aliphatic heterocycles. The summed E-state index contributed by atoms with van der Waals surface area (Å²) < 4.78 is 1.94. The first-order chi connectivity index (χ1) is 9.02. The number of aromatic nitrogens is 2. The fourth-order valence-electron chi connectivity index (χ4n) is 3.32. The van der Waals surface area contributed by atoms with Crippen molar-refractivity contribution in [3.63, 3.8) is 0 Å². The Labute approximate surface area is 120 Å². The third-order valence-corrected chi connectivity index (χ3v) is 5.31. The molecule has 3 rings (SSSR count). The first kappa shape index (κ1) is 13.4. The summed E-state index contributed by atoms with van der Waals surface area (Å²) in [7, 11) is 1.99. The molecule has 5 heteroatoms. The molecule has 106 valence electrons. The summed E-state index contributed by atoms with van der Waals surface area (Å²) in [5.74, 6) is 0.841. The van der Waals surface area contributed by atoms with Gasteiger partial charge in [-0.1, -0.05) is 11.6 Å². The van der Waals surface area contributed by atoms with Crippen LogP contribution in [0.15, 0.2) is 0 Å². The summed E-state index contributed by atoms with van der Waals surface area (Å²) in [6.07, 6.45) is 2.74. The summed E-state index contributed by atoms with van der Waals surface area (Å²) in [6, 6.07) is 0. The SMILES string of the molecule is Cc1nn(C)c(CN2CCNCC2(C)C2CC2)c1Cl. The molecule has 1 saturated heterocycles. The Hall–Kier alpha value is -0.580. The minimum Gasteiger partial charge on any atom is -0.314 e. The molecule has 1 saturated carbocycles. The predicted octanol–water partition coefficient (Wildman–Crippen LogP) is 1.96. The summed E-state index contributed by atoms with van der Waals surface area (Å²) in [6.45, 7) is 8.53. The molecular formula is C14H23ClN4. The zero-order chi connectivity index (χ0) is 13.6. The molecule has 2 fully saturated rings. The number of nitrogens with one attached hydrogen (secondary N) is 1. The second-order valence-electron chi connectivity index (χ2n) is 6.20. The lowest BCUT2D eigenvalue weighted by Gasteiger charge is -2.46. The Kier molecular flexibility index (Phi) is 3.36. The smallest absolute Gasteiger partial charge is 0.0860 e. The van der Waals surface area contributed by atoms with Crippen LogP contribution < -0.4 is 5.32 Å². The van der Waals surface area contributed by atoms with E-state index in [0.29, 0.717) is 0 Å². The molecule has 1 aromatic heterocycles. The molecule has 1 N–H and O–H groups in total. The number of rotatable bonds is 3. The zero-order valence-corrected chi connectivity index (χ0v) is 12.8. The van der Waals surface area contributed by atoms with E-state index in [9.17, 15) is 0 Å². The van der Waals surface area contributed by atoms with Gasteiger partial charge >= 0.3 is 0 Å². The molecule has 2 aliphatic rings. The van der Waals surface area contributed by atoms with Crippen molar-refractivity contribution < 1.29 is 0 Å². The van der Waals surface area contributed by atoms with E-state index < -0.39 is 0 Å². The summed E-state index contributed by atoms with van der Waals surface area (Å²) >= 11 is 6.40. The maximum Gasteiger partial charge on any atom is 0.0860 e. The van der Waals surface area contributed by atoms with Crippen LogP contribution in [-0.2, 0) is 13.6 Å². The van der Waals surface area contributed by atoms with Crippen molar-refractivity contribution >= 4 is 11.6 Å². The molecule has 0 amide bonds. The van der Waals surface area contributed by atoms with Gasteiger partial charge in [0.05, 0.1) is 16.4 Å². The number of hydrogen-bond donors (Lipinski definition) is 1. The molecule has 1 aromatic rings. The first-order valence-electron chi connectivity index (χ1n) is 7.16. The fraction of sp³-hybridized carbons (Fsp3) is 0.786. The molecular weight excluding hydrogens is 260 g/mol. The highest BCUT2D eigenvalue weighted by Crippen LogP contribution is 2.44. The maximum absolute atomic E-state index is 6.40. The largest absolute Gasteiger partial charge is 0.314 e. The van der Waals surface area contributed by atoms with Gasteiger partial charge in [-0.15, -0.1) is 0 Å².